The van der Waals surface area contributed by atoms with Crippen LogP contribution >= 0.6 is 0 Å². The predicted molar refractivity (Wildman–Crippen MR) is 60.2 cm³/mol. The maximum atomic E-state index is 12.9. The van der Waals surface area contributed by atoms with Gasteiger partial charge in [0.05, 0.1) is 6.61 Å². The highest BCUT2D eigenvalue weighted by molar-refractivity contribution is 5.32. The van der Waals surface area contributed by atoms with E-state index in [0.29, 0.717) is 12.5 Å². The van der Waals surface area contributed by atoms with E-state index in [2.05, 4.69) is 0 Å². The molecule has 1 heterocycles. The van der Waals surface area contributed by atoms with E-state index in [1.165, 1.54) is 12.1 Å². The van der Waals surface area contributed by atoms with E-state index in [9.17, 15) is 4.39 Å². The maximum Gasteiger partial charge on any atom is 0.123 e. The fraction of sp³-hybridized carbons (Fsp3) is 0.538. The molecule has 0 aromatic heterocycles. The van der Waals surface area contributed by atoms with Gasteiger partial charge >= 0.3 is 0 Å². The highest BCUT2D eigenvalue weighted by Crippen LogP contribution is 2.21. The second-order valence-corrected chi connectivity index (χ2v) is 4.28. The Morgan fingerprint density at radius 2 is 2.12 bits per heavy atom. The molecule has 0 saturated carbocycles. The largest absolute Gasteiger partial charge is 0.493 e. The molecular formula is C13H17FO2. The summed E-state index contributed by atoms with van der Waals surface area (Å²) in [5.41, 5.74) is 0.854. The van der Waals surface area contributed by atoms with E-state index in [1.54, 1.807) is 6.07 Å². The molecule has 0 aliphatic carbocycles. The Morgan fingerprint density at radius 1 is 1.38 bits per heavy atom. The van der Waals surface area contributed by atoms with Gasteiger partial charge < -0.3 is 9.47 Å². The topological polar surface area (TPSA) is 18.5 Å². The number of rotatable bonds is 3. The highest BCUT2D eigenvalue weighted by atomic mass is 19.1. The van der Waals surface area contributed by atoms with Gasteiger partial charge in [0.15, 0.2) is 0 Å². The van der Waals surface area contributed by atoms with Crippen LogP contribution in [0.3, 0.4) is 0 Å². The molecule has 0 bridgehead atoms. The van der Waals surface area contributed by atoms with E-state index in [1.807, 2.05) is 6.92 Å². The molecule has 0 atom stereocenters. The van der Waals surface area contributed by atoms with E-state index < -0.39 is 0 Å². The van der Waals surface area contributed by atoms with Gasteiger partial charge in [0, 0.05) is 13.2 Å². The third-order valence-corrected chi connectivity index (χ3v) is 2.95. The molecule has 0 radical (unpaired) electrons. The molecule has 3 heteroatoms. The second kappa shape index (κ2) is 5.30. The van der Waals surface area contributed by atoms with Crippen LogP contribution in [0.5, 0.6) is 5.75 Å². The first-order valence-electron chi connectivity index (χ1n) is 5.72. The molecule has 1 aliphatic heterocycles. The monoisotopic (exact) mass is 224 g/mol. The van der Waals surface area contributed by atoms with Crippen molar-refractivity contribution >= 4 is 0 Å². The van der Waals surface area contributed by atoms with Gasteiger partial charge in [0.25, 0.3) is 0 Å². The normalized spacial score (nSPS) is 17.4. The number of hydrogen-bond acceptors (Lipinski definition) is 2. The first kappa shape index (κ1) is 11.4. The fourth-order valence-corrected chi connectivity index (χ4v) is 1.90. The van der Waals surface area contributed by atoms with Crippen LogP contribution < -0.4 is 4.74 Å². The molecule has 1 fully saturated rings. The van der Waals surface area contributed by atoms with Crippen LogP contribution in [0.2, 0.25) is 0 Å². The minimum Gasteiger partial charge on any atom is -0.493 e. The fourth-order valence-electron chi connectivity index (χ4n) is 1.90. The molecule has 1 aliphatic rings. The van der Waals surface area contributed by atoms with Crippen LogP contribution in [0.25, 0.3) is 0 Å². The summed E-state index contributed by atoms with van der Waals surface area (Å²) in [6, 6.07) is 4.63. The van der Waals surface area contributed by atoms with E-state index >= 15 is 0 Å². The summed E-state index contributed by atoms with van der Waals surface area (Å²) in [7, 11) is 0. The second-order valence-electron chi connectivity index (χ2n) is 4.28. The van der Waals surface area contributed by atoms with Crippen LogP contribution in [0.1, 0.15) is 18.4 Å². The van der Waals surface area contributed by atoms with Crippen molar-refractivity contribution in [2.75, 3.05) is 19.8 Å². The van der Waals surface area contributed by atoms with Crippen LogP contribution in [0.15, 0.2) is 18.2 Å². The van der Waals surface area contributed by atoms with Gasteiger partial charge in [0.1, 0.15) is 11.6 Å². The third-order valence-electron chi connectivity index (χ3n) is 2.95. The van der Waals surface area contributed by atoms with Crippen LogP contribution in [-0.4, -0.2) is 19.8 Å². The van der Waals surface area contributed by atoms with Crippen molar-refractivity contribution in [3.8, 4) is 5.75 Å². The van der Waals surface area contributed by atoms with Crippen molar-refractivity contribution in [3.63, 3.8) is 0 Å². The molecule has 0 amide bonds. The molecule has 1 aromatic carbocycles. The predicted octanol–water partition coefficient (Wildman–Crippen LogP) is 2.94. The Labute approximate surface area is 95.4 Å². The number of benzene rings is 1. The minimum absolute atomic E-state index is 0.212. The molecule has 0 spiro atoms. The van der Waals surface area contributed by atoms with Gasteiger partial charge in [-0.2, -0.15) is 0 Å². The smallest absolute Gasteiger partial charge is 0.123 e. The Balaban J connectivity index is 1.88. The average molecular weight is 224 g/mol. The summed E-state index contributed by atoms with van der Waals surface area (Å²) in [6.07, 6.45) is 2.11. The lowest BCUT2D eigenvalue weighted by Gasteiger charge is -2.22. The number of aryl methyl sites for hydroxylation is 1. The van der Waals surface area contributed by atoms with Crippen molar-refractivity contribution in [1.82, 2.24) is 0 Å². The standard InChI is InChI=1S/C13H17FO2/c1-10-8-12(14)2-3-13(10)16-9-11-4-6-15-7-5-11/h2-3,8,11H,4-7,9H2,1H3. The lowest BCUT2D eigenvalue weighted by Crippen LogP contribution is -2.21. The van der Waals surface area contributed by atoms with Gasteiger partial charge in [-0.3, -0.25) is 0 Å². The van der Waals surface area contributed by atoms with Crippen molar-refractivity contribution in [3.05, 3.63) is 29.6 Å². The summed E-state index contributed by atoms with van der Waals surface area (Å²) in [6.45, 7) is 4.23. The van der Waals surface area contributed by atoms with Crippen molar-refractivity contribution < 1.29 is 13.9 Å². The first-order valence-corrected chi connectivity index (χ1v) is 5.72. The summed E-state index contributed by atoms with van der Waals surface area (Å²) in [5, 5.41) is 0. The molecule has 2 nitrogen and oxygen atoms in total. The Hall–Kier alpha value is -1.09. The lowest BCUT2D eigenvalue weighted by atomic mass is 10.0. The third kappa shape index (κ3) is 2.95. The zero-order valence-corrected chi connectivity index (χ0v) is 9.54. The maximum absolute atomic E-state index is 12.9. The summed E-state index contributed by atoms with van der Waals surface area (Å²) in [4.78, 5) is 0. The van der Waals surface area contributed by atoms with Crippen molar-refractivity contribution in [2.24, 2.45) is 5.92 Å². The van der Waals surface area contributed by atoms with Crippen LogP contribution in [0.4, 0.5) is 4.39 Å². The molecule has 0 N–H and O–H groups in total. The molecular weight excluding hydrogens is 207 g/mol. The molecule has 1 aromatic rings. The molecule has 2 rings (SSSR count). The van der Waals surface area contributed by atoms with Crippen LogP contribution in [-0.2, 0) is 4.74 Å². The Kier molecular flexibility index (Phi) is 3.78. The average Bonchev–Trinajstić information content (AvgIpc) is 2.29. The summed E-state index contributed by atoms with van der Waals surface area (Å²) >= 11 is 0. The molecule has 16 heavy (non-hydrogen) atoms. The van der Waals surface area contributed by atoms with Crippen LogP contribution in [0, 0.1) is 18.7 Å². The van der Waals surface area contributed by atoms with Gasteiger partial charge in [-0.05, 0) is 49.4 Å². The SMILES string of the molecule is Cc1cc(F)ccc1OCC1CCOCC1. The zero-order chi connectivity index (χ0) is 11.4. The van der Waals surface area contributed by atoms with Gasteiger partial charge in [-0.25, -0.2) is 4.39 Å². The Bertz CT molecular complexity index is 346. The number of halogens is 1. The van der Waals surface area contributed by atoms with Gasteiger partial charge in [-0.15, -0.1) is 0 Å². The van der Waals surface area contributed by atoms with E-state index in [4.69, 9.17) is 9.47 Å². The Morgan fingerprint density at radius 3 is 2.81 bits per heavy atom. The highest BCUT2D eigenvalue weighted by Gasteiger charge is 2.14. The first-order chi connectivity index (χ1) is 7.75. The molecule has 88 valence electrons. The number of ether oxygens (including phenoxy) is 2. The van der Waals surface area contributed by atoms with Gasteiger partial charge in [0.2, 0.25) is 0 Å². The van der Waals surface area contributed by atoms with E-state index in [0.717, 1.165) is 37.4 Å². The zero-order valence-electron chi connectivity index (χ0n) is 9.54. The molecule has 0 unspecified atom stereocenters. The van der Waals surface area contributed by atoms with E-state index in [-0.39, 0.29) is 5.82 Å². The quantitative estimate of drug-likeness (QED) is 0.786. The summed E-state index contributed by atoms with van der Waals surface area (Å²) in [5.74, 6) is 1.14. The van der Waals surface area contributed by atoms with Crippen molar-refractivity contribution in [1.29, 1.82) is 0 Å². The lowest BCUT2D eigenvalue weighted by molar-refractivity contribution is 0.0496. The molecule has 1 saturated heterocycles. The minimum atomic E-state index is -0.212. The number of hydrogen-bond donors (Lipinski definition) is 0. The van der Waals surface area contributed by atoms with Crippen molar-refractivity contribution in [2.45, 2.75) is 19.8 Å². The van der Waals surface area contributed by atoms with Gasteiger partial charge in [-0.1, -0.05) is 0 Å². The summed E-state index contributed by atoms with van der Waals surface area (Å²) < 4.78 is 23.9.